The molecule has 94 valence electrons. The lowest BCUT2D eigenvalue weighted by atomic mass is 10.1. The highest BCUT2D eigenvalue weighted by Crippen LogP contribution is 2.38. The van der Waals surface area contributed by atoms with Crippen LogP contribution in [0.4, 0.5) is 0 Å². The molecule has 0 aliphatic heterocycles. The molecule has 0 amide bonds. The summed E-state index contributed by atoms with van der Waals surface area (Å²) in [4.78, 5) is 4.59. The van der Waals surface area contributed by atoms with Crippen LogP contribution in [0, 0.1) is 0 Å². The summed E-state index contributed by atoms with van der Waals surface area (Å²) in [5.41, 5.74) is 7.42. The quantitative estimate of drug-likeness (QED) is 0.891. The number of rotatable bonds is 4. The Morgan fingerprint density at radius 3 is 2.72 bits per heavy atom. The first-order chi connectivity index (χ1) is 8.74. The maximum atomic E-state index is 6.19. The summed E-state index contributed by atoms with van der Waals surface area (Å²) in [5, 5.41) is 4.45. The molecule has 1 atom stereocenters. The van der Waals surface area contributed by atoms with Gasteiger partial charge < -0.3 is 5.73 Å². The van der Waals surface area contributed by atoms with Gasteiger partial charge in [0.25, 0.3) is 0 Å². The van der Waals surface area contributed by atoms with Gasteiger partial charge in [0.2, 0.25) is 0 Å². The van der Waals surface area contributed by atoms with Crippen LogP contribution in [0.1, 0.15) is 42.0 Å². The molecule has 1 fully saturated rings. The van der Waals surface area contributed by atoms with E-state index < -0.39 is 0 Å². The lowest BCUT2D eigenvalue weighted by molar-refractivity contribution is 0.642. The van der Waals surface area contributed by atoms with Crippen LogP contribution in [0.5, 0.6) is 0 Å². The molecule has 1 aliphatic carbocycles. The van der Waals surface area contributed by atoms with Gasteiger partial charge in [-0.1, -0.05) is 30.3 Å². The van der Waals surface area contributed by atoms with E-state index in [9.17, 15) is 0 Å². The molecule has 2 N–H and O–H groups in total. The molecule has 1 unspecified atom stereocenters. The zero-order valence-electron chi connectivity index (χ0n) is 10.6. The van der Waals surface area contributed by atoms with E-state index in [-0.39, 0.29) is 6.04 Å². The van der Waals surface area contributed by atoms with Crippen molar-refractivity contribution in [1.82, 2.24) is 14.8 Å². The molecule has 1 aromatic carbocycles. The third-order valence-corrected chi connectivity index (χ3v) is 3.39. The Labute approximate surface area is 107 Å². The fraction of sp³-hybridized carbons (Fsp3) is 0.429. The van der Waals surface area contributed by atoms with E-state index in [4.69, 9.17) is 5.73 Å². The third kappa shape index (κ3) is 2.29. The molecule has 3 rings (SSSR count). The minimum atomic E-state index is -0.119. The van der Waals surface area contributed by atoms with Crippen LogP contribution >= 0.6 is 0 Å². The standard InChI is InChI=1S/C14H18N4/c1-18-14(11-7-8-11)16-13(17-18)12(15)9-10-5-3-2-4-6-10/h2-6,11-12H,7-9,15H2,1H3. The molecule has 4 nitrogen and oxygen atoms in total. The van der Waals surface area contributed by atoms with Crippen LogP contribution in [0.2, 0.25) is 0 Å². The molecule has 1 heterocycles. The topological polar surface area (TPSA) is 56.7 Å². The van der Waals surface area contributed by atoms with Crippen LogP contribution in [0.25, 0.3) is 0 Å². The number of aryl methyl sites for hydroxylation is 1. The maximum absolute atomic E-state index is 6.19. The predicted octanol–water partition coefficient (Wildman–Crippen LogP) is 1.94. The normalized spacial score (nSPS) is 16.8. The summed E-state index contributed by atoms with van der Waals surface area (Å²) < 4.78 is 1.89. The van der Waals surface area contributed by atoms with E-state index >= 15 is 0 Å². The van der Waals surface area contributed by atoms with Crippen molar-refractivity contribution in [2.75, 3.05) is 0 Å². The monoisotopic (exact) mass is 242 g/mol. The van der Waals surface area contributed by atoms with Crippen molar-refractivity contribution in [2.45, 2.75) is 31.2 Å². The number of benzene rings is 1. The van der Waals surface area contributed by atoms with E-state index in [2.05, 4.69) is 22.2 Å². The highest BCUT2D eigenvalue weighted by molar-refractivity contribution is 5.17. The number of nitrogens with zero attached hydrogens (tertiary/aromatic N) is 3. The Morgan fingerprint density at radius 2 is 2.06 bits per heavy atom. The minimum absolute atomic E-state index is 0.119. The van der Waals surface area contributed by atoms with Crippen molar-refractivity contribution in [3.63, 3.8) is 0 Å². The van der Waals surface area contributed by atoms with Gasteiger partial charge in [0.05, 0.1) is 6.04 Å². The van der Waals surface area contributed by atoms with Gasteiger partial charge >= 0.3 is 0 Å². The van der Waals surface area contributed by atoms with Crippen molar-refractivity contribution in [3.8, 4) is 0 Å². The average Bonchev–Trinajstić information content (AvgIpc) is 3.14. The second-order valence-electron chi connectivity index (χ2n) is 5.02. The Hall–Kier alpha value is -1.68. The molecule has 0 bridgehead atoms. The molecule has 0 saturated heterocycles. The summed E-state index contributed by atoms with van der Waals surface area (Å²) in [5.74, 6) is 2.47. The minimum Gasteiger partial charge on any atom is -0.321 e. The van der Waals surface area contributed by atoms with Crippen LogP contribution in [-0.2, 0) is 13.5 Å². The summed E-state index contributed by atoms with van der Waals surface area (Å²) in [6, 6.07) is 10.1. The molecule has 1 aromatic heterocycles. The first kappa shape index (κ1) is 11.4. The summed E-state index contributed by atoms with van der Waals surface area (Å²) >= 11 is 0. The second-order valence-corrected chi connectivity index (χ2v) is 5.02. The zero-order valence-corrected chi connectivity index (χ0v) is 10.6. The zero-order chi connectivity index (χ0) is 12.5. The fourth-order valence-electron chi connectivity index (χ4n) is 2.23. The number of aromatic nitrogens is 3. The molecular weight excluding hydrogens is 224 g/mol. The SMILES string of the molecule is Cn1nc(C(N)Cc2ccccc2)nc1C1CC1. The van der Waals surface area contributed by atoms with E-state index in [0.717, 1.165) is 18.1 Å². The highest BCUT2D eigenvalue weighted by atomic mass is 15.3. The molecule has 18 heavy (non-hydrogen) atoms. The van der Waals surface area contributed by atoms with Gasteiger partial charge in [0, 0.05) is 13.0 Å². The van der Waals surface area contributed by atoms with Crippen LogP contribution < -0.4 is 5.73 Å². The second kappa shape index (κ2) is 4.53. The largest absolute Gasteiger partial charge is 0.321 e. The highest BCUT2D eigenvalue weighted by Gasteiger charge is 2.29. The molecule has 0 spiro atoms. The summed E-state index contributed by atoms with van der Waals surface area (Å²) in [6.07, 6.45) is 3.26. The predicted molar refractivity (Wildman–Crippen MR) is 70.1 cm³/mol. The molecule has 2 aromatic rings. The number of nitrogens with two attached hydrogens (primary N) is 1. The third-order valence-electron chi connectivity index (χ3n) is 3.39. The number of hydrogen-bond donors (Lipinski definition) is 1. The molecular formula is C14H18N4. The summed E-state index contributed by atoms with van der Waals surface area (Å²) in [7, 11) is 1.96. The van der Waals surface area contributed by atoms with Gasteiger partial charge in [-0.05, 0) is 24.8 Å². The summed E-state index contributed by atoms with van der Waals surface area (Å²) in [6.45, 7) is 0. The van der Waals surface area contributed by atoms with Gasteiger partial charge in [-0.2, -0.15) is 5.10 Å². The van der Waals surface area contributed by atoms with E-state index in [1.54, 1.807) is 0 Å². The van der Waals surface area contributed by atoms with Gasteiger partial charge in [0.15, 0.2) is 5.82 Å². The fourth-order valence-corrected chi connectivity index (χ4v) is 2.23. The molecule has 1 aliphatic rings. The van der Waals surface area contributed by atoms with Gasteiger partial charge in [0.1, 0.15) is 5.82 Å². The maximum Gasteiger partial charge on any atom is 0.167 e. The van der Waals surface area contributed by atoms with Crippen molar-refractivity contribution in [2.24, 2.45) is 12.8 Å². The lowest BCUT2D eigenvalue weighted by Crippen LogP contribution is -2.15. The van der Waals surface area contributed by atoms with E-state index in [1.807, 2.05) is 29.9 Å². The first-order valence-corrected chi connectivity index (χ1v) is 6.44. The Bertz CT molecular complexity index is 528. The van der Waals surface area contributed by atoms with Crippen LogP contribution in [-0.4, -0.2) is 14.8 Å². The van der Waals surface area contributed by atoms with Crippen LogP contribution in [0.3, 0.4) is 0 Å². The van der Waals surface area contributed by atoms with Crippen LogP contribution in [0.15, 0.2) is 30.3 Å². The van der Waals surface area contributed by atoms with Gasteiger partial charge in [-0.3, -0.25) is 4.68 Å². The Morgan fingerprint density at radius 1 is 1.33 bits per heavy atom. The van der Waals surface area contributed by atoms with Crippen molar-refractivity contribution >= 4 is 0 Å². The Kier molecular flexibility index (Phi) is 2.88. The van der Waals surface area contributed by atoms with E-state index in [0.29, 0.717) is 5.92 Å². The van der Waals surface area contributed by atoms with Crippen molar-refractivity contribution in [3.05, 3.63) is 47.5 Å². The Balaban J connectivity index is 1.75. The van der Waals surface area contributed by atoms with E-state index in [1.165, 1.54) is 18.4 Å². The molecule has 4 heteroatoms. The number of hydrogen-bond acceptors (Lipinski definition) is 3. The first-order valence-electron chi connectivity index (χ1n) is 6.44. The average molecular weight is 242 g/mol. The van der Waals surface area contributed by atoms with Crippen molar-refractivity contribution < 1.29 is 0 Å². The van der Waals surface area contributed by atoms with Gasteiger partial charge in [-0.25, -0.2) is 4.98 Å². The lowest BCUT2D eigenvalue weighted by Gasteiger charge is -2.07. The molecule has 1 saturated carbocycles. The smallest absolute Gasteiger partial charge is 0.167 e. The van der Waals surface area contributed by atoms with Crippen molar-refractivity contribution in [1.29, 1.82) is 0 Å². The van der Waals surface area contributed by atoms with Gasteiger partial charge in [-0.15, -0.1) is 0 Å². The molecule has 0 radical (unpaired) electrons.